The van der Waals surface area contributed by atoms with Crippen LogP contribution in [0, 0.1) is 11.3 Å². The highest BCUT2D eigenvalue weighted by Crippen LogP contribution is 2.44. The molecule has 2 heterocycles. The van der Waals surface area contributed by atoms with Crippen LogP contribution in [0.3, 0.4) is 0 Å². The van der Waals surface area contributed by atoms with Gasteiger partial charge in [0.25, 0.3) is 0 Å². The largest absolute Gasteiger partial charge is 0.192 e. The summed E-state index contributed by atoms with van der Waals surface area (Å²) >= 11 is 3.71. The molecule has 0 saturated heterocycles. The van der Waals surface area contributed by atoms with Crippen molar-refractivity contribution >= 4 is 63.0 Å². The average molecular weight is 620 g/mol. The van der Waals surface area contributed by atoms with Gasteiger partial charge in [0.15, 0.2) is 0 Å². The standard InChI is InChI=1S/C43H25NS2/c44-26-28-10-1-2-11-32(28)35-13-4-3-12-33(35)30-22-29(27-20-21-42-39(25-27)37-15-6-7-18-40(37)45-42)23-31(24-30)34-16-9-17-38-36-14-5-8-19-41(36)46-43(34)38/h1-25H. The second-order valence-electron chi connectivity index (χ2n) is 11.6. The molecule has 0 bridgehead atoms. The summed E-state index contributed by atoms with van der Waals surface area (Å²) < 4.78 is 5.21. The van der Waals surface area contributed by atoms with Gasteiger partial charge in [-0.25, -0.2) is 0 Å². The number of fused-ring (bicyclic) bond motifs is 6. The van der Waals surface area contributed by atoms with E-state index in [1.54, 1.807) is 0 Å². The molecule has 2 aromatic heterocycles. The number of hydrogen-bond donors (Lipinski definition) is 0. The van der Waals surface area contributed by atoms with E-state index in [0.717, 1.165) is 22.3 Å². The van der Waals surface area contributed by atoms with Gasteiger partial charge in [0.2, 0.25) is 0 Å². The summed E-state index contributed by atoms with van der Waals surface area (Å²) in [7, 11) is 0. The molecule has 0 saturated carbocycles. The molecule has 3 heteroatoms. The number of nitrogens with zero attached hydrogens (tertiary/aromatic N) is 1. The minimum Gasteiger partial charge on any atom is -0.192 e. The van der Waals surface area contributed by atoms with Gasteiger partial charge in [-0.2, -0.15) is 5.26 Å². The van der Waals surface area contributed by atoms with Gasteiger partial charge in [0.05, 0.1) is 11.6 Å². The predicted octanol–water partition coefficient (Wildman–Crippen LogP) is 13.0. The first kappa shape index (κ1) is 26.8. The van der Waals surface area contributed by atoms with Crippen LogP contribution in [-0.4, -0.2) is 0 Å². The quantitative estimate of drug-likeness (QED) is 0.192. The molecule has 0 spiro atoms. The molecule has 214 valence electrons. The van der Waals surface area contributed by atoms with Crippen molar-refractivity contribution < 1.29 is 0 Å². The van der Waals surface area contributed by atoms with Crippen LogP contribution in [0.15, 0.2) is 152 Å². The lowest BCUT2D eigenvalue weighted by Gasteiger charge is -2.15. The zero-order valence-electron chi connectivity index (χ0n) is 24.7. The number of benzene rings is 7. The van der Waals surface area contributed by atoms with Crippen molar-refractivity contribution in [1.82, 2.24) is 0 Å². The number of rotatable bonds is 4. The van der Waals surface area contributed by atoms with Crippen molar-refractivity contribution in [2.24, 2.45) is 0 Å². The van der Waals surface area contributed by atoms with Crippen molar-refractivity contribution in [3.8, 4) is 50.6 Å². The van der Waals surface area contributed by atoms with Crippen molar-refractivity contribution in [3.05, 3.63) is 157 Å². The van der Waals surface area contributed by atoms with Gasteiger partial charge in [0, 0.05) is 45.9 Å². The third-order valence-corrected chi connectivity index (χ3v) is 11.3. The minimum absolute atomic E-state index is 0.677. The fraction of sp³-hybridized carbons (Fsp3) is 0. The van der Waals surface area contributed by atoms with E-state index < -0.39 is 0 Å². The van der Waals surface area contributed by atoms with Gasteiger partial charge in [-0.05, 0) is 87.5 Å². The van der Waals surface area contributed by atoms with Crippen LogP contribution < -0.4 is 0 Å². The van der Waals surface area contributed by atoms with E-state index >= 15 is 0 Å². The van der Waals surface area contributed by atoms with Crippen molar-refractivity contribution in [1.29, 1.82) is 5.26 Å². The van der Waals surface area contributed by atoms with Gasteiger partial charge in [0.1, 0.15) is 0 Å². The van der Waals surface area contributed by atoms with Gasteiger partial charge >= 0.3 is 0 Å². The number of hydrogen-bond acceptors (Lipinski definition) is 3. The summed E-state index contributed by atoms with van der Waals surface area (Å²) in [6, 6.07) is 56.7. The van der Waals surface area contributed by atoms with E-state index in [1.807, 2.05) is 40.9 Å². The van der Waals surface area contributed by atoms with Gasteiger partial charge < -0.3 is 0 Å². The molecule has 0 fully saturated rings. The molecule has 1 nitrogen and oxygen atoms in total. The molecule has 0 N–H and O–H groups in total. The number of thiophene rings is 2. The highest BCUT2D eigenvalue weighted by molar-refractivity contribution is 7.26. The third kappa shape index (κ3) is 4.35. The van der Waals surface area contributed by atoms with Crippen LogP contribution in [0.5, 0.6) is 0 Å². The molecule has 9 rings (SSSR count). The molecule has 0 aliphatic heterocycles. The molecule has 46 heavy (non-hydrogen) atoms. The molecule has 9 aromatic rings. The van der Waals surface area contributed by atoms with Crippen LogP contribution in [0.4, 0.5) is 0 Å². The van der Waals surface area contributed by atoms with Gasteiger partial charge in [-0.1, -0.05) is 103 Å². The fourth-order valence-electron chi connectivity index (χ4n) is 6.77. The Morgan fingerprint density at radius 1 is 0.370 bits per heavy atom. The molecular formula is C43H25NS2. The SMILES string of the molecule is N#Cc1ccccc1-c1ccccc1-c1cc(-c2ccc3sc4ccccc4c3c2)cc(-c2cccc3c2sc2ccccc23)c1. The van der Waals surface area contributed by atoms with Crippen LogP contribution in [0.25, 0.3) is 84.9 Å². The first-order chi connectivity index (χ1) is 22.7. The summed E-state index contributed by atoms with van der Waals surface area (Å²) in [6.07, 6.45) is 0. The third-order valence-electron chi connectivity index (χ3n) is 8.93. The van der Waals surface area contributed by atoms with Gasteiger partial charge in [-0.3, -0.25) is 0 Å². The maximum absolute atomic E-state index is 9.98. The summed E-state index contributed by atoms with van der Waals surface area (Å²) in [5.41, 5.74) is 9.71. The van der Waals surface area contributed by atoms with E-state index in [4.69, 9.17) is 0 Å². The molecule has 0 unspecified atom stereocenters. The van der Waals surface area contributed by atoms with Crippen molar-refractivity contribution in [3.63, 3.8) is 0 Å². The lowest BCUT2D eigenvalue weighted by Crippen LogP contribution is -1.91. The Morgan fingerprint density at radius 2 is 0.935 bits per heavy atom. The monoisotopic (exact) mass is 619 g/mol. The summed E-state index contributed by atoms with van der Waals surface area (Å²) in [5, 5.41) is 15.2. The van der Waals surface area contributed by atoms with Crippen LogP contribution >= 0.6 is 22.7 Å². The zero-order valence-corrected chi connectivity index (χ0v) is 26.3. The second-order valence-corrected chi connectivity index (χ2v) is 13.7. The average Bonchev–Trinajstić information content (AvgIpc) is 3.69. The Kier molecular flexibility index (Phi) is 6.31. The Hall–Kier alpha value is -5.53. The molecular weight excluding hydrogens is 595 g/mol. The second kappa shape index (κ2) is 10.8. The van der Waals surface area contributed by atoms with E-state index in [0.29, 0.717) is 5.56 Å². The smallest absolute Gasteiger partial charge is 0.0998 e. The minimum atomic E-state index is 0.677. The fourth-order valence-corrected chi connectivity index (χ4v) is 9.10. The Labute approximate surface area is 274 Å². The van der Waals surface area contributed by atoms with Crippen molar-refractivity contribution in [2.45, 2.75) is 0 Å². The molecule has 0 amide bonds. The van der Waals surface area contributed by atoms with Crippen molar-refractivity contribution in [2.75, 3.05) is 0 Å². The topological polar surface area (TPSA) is 23.8 Å². The molecule has 0 atom stereocenters. The first-order valence-electron chi connectivity index (χ1n) is 15.3. The van der Waals surface area contributed by atoms with E-state index in [2.05, 4.69) is 140 Å². The normalized spacial score (nSPS) is 11.5. The highest BCUT2D eigenvalue weighted by Gasteiger charge is 2.16. The molecule has 0 aliphatic rings. The molecule has 7 aromatic carbocycles. The maximum atomic E-state index is 9.98. The maximum Gasteiger partial charge on any atom is 0.0998 e. The molecule has 0 radical (unpaired) electrons. The summed E-state index contributed by atoms with van der Waals surface area (Å²) in [6.45, 7) is 0. The molecule has 0 aliphatic carbocycles. The lowest BCUT2D eigenvalue weighted by molar-refractivity contribution is 1.47. The Balaban J connectivity index is 1.32. The van der Waals surface area contributed by atoms with Crippen LogP contribution in [-0.2, 0) is 0 Å². The van der Waals surface area contributed by atoms with Crippen LogP contribution in [0.2, 0.25) is 0 Å². The predicted molar refractivity (Wildman–Crippen MR) is 199 cm³/mol. The van der Waals surface area contributed by atoms with Gasteiger partial charge in [-0.15, -0.1) is 22.7 Å². The van der Waals surface area contributed by atoms with E-state index in [1.165, 1.54) is 62.6 Å². The summed E-state index contributed by atoms with van der Waals surface area (Å²) in [5.74, 6) is 0. The van der Waals surface area contributed by atoms with E-state index in [9.17, 15) is 5.26 Å². The Morgan fingerprint density at radius 3 is 1.74 bits per heavy atom. The van der Waals surface area contributed by atoms with Crippen LogP contribution in [0.1, 0.15) is 5.56 Å². The first-order valence-corrected chi connectivity index (χ1v) is 16.9. The zero-order chi connectivity index (χ0) is 30.6. The highest BCUT2D eigenvalue weighted by atomic mass is 32.1. The summed E-state index contributed by atoms with van der Waals surface area (Å²) in [4.78, 5) is 0. The lowest BCUT2D eigenvalue weighted by atomic mass is 9.88. The number of nitriles is 1. The van der Waals surface area contributed by atoms with E-state index in [-0.39, 0.29) is 0 Å². The Bertz CT molecular complexity index is 2670.